The Hall–Kier alpha value is -2.34. The van der Waals surface area contributed by atoms with Crippen LogP contribution in [0.15, 0.2) is 43.0 Å². The van der Waals surface area contributed by atoms with Gasteiger partial charge in [0.1, 0.15) is 5.75 Å². The van der Waals surface area contributed by atoms with E-state index in [-0.39, 0.29) is 11.9 Å². The van der Waals surface area contributed by atoms with Crippen molar-refractivity contribution in [3.63, 3.8) is 0 Å². The van der Waals surface area contributed by atoms with Gasteiger partial charge in [0, 0.05) is 45.0 Å². The largest absolute Gasteiger partial charge is 0.497 e. The second-order valence-corrected chi connectivity index (χ2v) is 5.98. The number of nitrogens with zero attached hydrogens (tertiary/aromatic N) is 3. The third-order valence-corrected chi connectivity index (χ3v) is 4.43. The van der Waals surface area contributed by atoms with Crippen LogP contribution in [0.2, 0.25) is 0 Å². The summed E-state index contributed by atoms with van der Waals surface area (Å²) >= 11 is 0. The molecular formula is C18H24N4O2. The van der Waals surface area contributed by atoms with Gasteiger partial charge in [-0.15, -0.1) is 0 Å². The normalized spacial score (nSPS) is 17.7. The monoisotopic (exact) mass is 328 g/mol. The average Bonchev–Trinajstić information content (AvgIpc) is 3.15. The third-order valence-electron chi connectivity index (χ3n) is 4.43. The smallest absolute Gasteiger partial charge is 0.223 e. The van der Waals surface area contributed by atoms with Crippen molar-refractivity contribution in [2.75, 3.05) is 26.7 Å². The van der Waals surface area contributed by atoms with Crippen molar-refractivity contribution in [1.29, 1.82) is 0 Å². The first-order valence-corrected chi connectivity index (χ1v) is 8.38. The molecule has 24 heavy (non-hydrogen) atoms. The van der Waals surface area contributed by atoms with Gasteiger partial charge in [-0.3, -0.25) is 4.79 Å². The van der Waals surface area contributed by atoms with Gasteiger partial charge in [0.25, 0.3) is 0 Å². The molecule has 1 aliphatic rings. The molecule has 1 saturated heterocycles. The summed E-state index contributed by atoms with van der Waals surface area (Å²) in [6.45, 7) is 3.21. The van der Waals surface area contributed by atoms with E-state index < -0.39 is 0 Å². The van der Waals surface area contributed by atoms with E-state index in [2.05, 4.69) is 10.3 Å². The minimum absolute atomic E-state index is 0.0883. The Morgan fingerprint density at radius 3 is 2.92 bits per heavy atom. The average molecular weight is 328 g/mol. The van der Waals surface area contributed by atoms with Crippen LogP contribution < -0.4 is 10.1 Å². The molecule has 2 heterocycles. The second-order valence-electron chi connectivity index (χ2n) is 5.98. The van der Waals surface area contributed by atoms with Crippen molar-refractivity contribution >= 4 is 5.91 Å². The highest BCUT2D eigenvalue weighted by atomic mass is 16.5. The number of benzene rings is 1. The summed E-state index contributed by atoms with van der Waals surface area (Å²) in [6.07, 6.45) is 6.86. The molecule has 6 nitrogen and oxygen atoms in total. The molecule has 1 aromatic carbocycles. The molecule has 6 heteroatoms. The van der Waals surface area contributed by atoms with E-state index in [1.807, 2.05) is 39.9 Å². The molecule has 1 atom stereocenters. The molecule has 0 spiro atoms. The topological polar surface area (TPSA) is 59.4 Å². The molecule has 128 valence electrons. The van der Waals surface area contributed by atoms with Gasteiger partial charge in [0.05, 0.1) is 19.5 Å². The standard InChI is InChI=1S/C18H24N4O2/c1-24-16-6-4-15(5-7-16)17-13-19-9-12-22(17)18(23)3-2-10-21-11-8-20-14-21/h4-8,11,14,17,19H,2-3,9-10,12-13H2,1H3/t17-/m0/s1. The van der Waals surface area contributed by atoms with Gasteiger partial charge in [-0.2, -0.15) is 0 Å². The number of aryl methyl sites for hydroxylation is 1. The molecule has 1 fully saturated rings. The fourth-order valence-electron chi connectivity index (χ4n) is 3.10. The SMILES string of the molecule is COc1ccc([C@@H]2CNCCN2C(=O)CCCn2ccnc2)cc1. The zero-order chi connectivity index (χ0) is 16.8. The van der Waals surface area contributed by atoms with Crippen molar-refractivity contribution in [3.05, 3.63) is 48.5 Å². The van der Waals surface area contributed by atoms with Gasteiger partial charge in [-0.05, 0) is 24.1 Å². The Morgan fingerprint density at radius 1 is 1.38 bits per heavy atom. The number of ether oxygens (including phenoxy) is 1. The van der Waals surface area contributed by atoms with Crippen molar-refractivity contribution in [1.82, 2.24) is 19.8 Å². The lowest BCUT2D eigenvalue weighted by Gasteiger charge is -2.36. The summed E-state index contributed by atoms with van der Waals surface area (Å²) in [7, 11) is 1.66. The lowest BCUT2D eigenvalue weighted by molar-refractivity contribution is -0.134. The Morgan fingerprint density at radius 2 is 2.21 bits per heavy atom. The van der Waals surface area contributed by atoms with Crippen LogP contribution in [0, 0.1) is 0 Å². The number of nitrogens with one attached hydrogen (secondary N) is 1. The lowest BCUT2D eigenvalue weighted by atomic mass is 10.0. The van der Waals surface area contributed by atoms with Crippen LogP contribution in [-0.4, -0.2) is 47.1 Å². The number of carbonyl (C=O) groups is 1. The molecule has 0 bridgehead atoms. The first-order chi connectivity index (χ1) is 11.8. The second kappa shape index (κ2) is 7.97. The molecule has 3 rings (SSSR count). The molecule has 0 saturated carbocycles. The minimum atomic E-state index is 0.0883. The Balaban J connectivity index is 1.61. The molecule has 1 N–H and O–H groups in total. The molecule has 0 aliphatic carbocycles. The molecule has 2 aromatic rings. The molecule has 0 radical (unpaired) electrons. The predicted molar refractivity (Wildman–Crippen MR) is 91.8 cm³/mol. The highest BCUT2D eigenvalue weighted by Gasteiger charge is 2.27. The van der Waals surface area contributed by atoms with Crippen molar-refractivity contribution in [2.24, 2.45) is 0 Å². The third kappa shape index (κ3) is 3.94. The summed E-state index contributed by atoms with van der Waals surface area (Å²) in [5, 5.41) is 3.39. The van der Waals surface area contributed by atoms with Crippen molar-refractivity contribution < 1.29 is 9.53 Å². The Labute approximate surface area is 142 Å². The van der Waals surface area contributed by atoms with Gasteiger partial charge < -0.3 is 19.5 Å². The zero-order valence-electron chi connectivity index (χ0n) is 14.0. The molecule has 1 aromatic heterocycles. The Kier molecular flexibility index (Phi) is 5.48. The highest BCUT2D eigenvalue weighted by Crippen LogP contribution is 2.25. The molecule has 1 aliphatic heterocycles. The lowest BCUT2D eigenvalue weighted by Crippen LogP contribution is -2.48. The van der Waals surface area contributed by atoms with Gasteiger partial charge in [-0.1, -0.05) is 12.1 Å². The fourth-order valence-corrected chi connectivity index (χ4v) is 3.10. The number of imidazole rings is 1. The van der Waals surface area contributed by atoms with E-state index in [9.17, 15) is 4.79 Å². The quantitative estimate of drug-likeness (QED) is 0.879. The Bertz CT molecular complexity index is 640. The van der Waals surface area contributed by atoms with Crippen LogP contribution in [0.25, 0.3) is 0 Å². The number of methoxy groups -OCH3 is 1. The first-order valence-electron chi connectivity index (χ1n) is 8.38. The number of hydrogen-bond donors (Lipinski definition) is 1. The number of amides is 1. The summed E-state index contributed by atoms with van der Waals surface area (Å²) in [4.78, 5) is 18.7. The van der Waals surface area contributed by atoms with Crippen LogP contribution in [0.1, 0.15) is 24.4 Å². The van der Waals surface area contributed by atoms with Crippen LogP contribution in [-0.2, 0) is 11.3 Å². The molecule has 1 amide bonds. The predicted octanol–water partition coefficient (Wildman–Crippen LogP) is 1.84. The molecule has 0 unspecified atom stereocenters. The maximum Gasteiger partial charge on any atom is 0.223 e. The maximum atomic E-state index is 12.7. The summed E-state index contributed by atoms with van der Waals surface area (Å²) < 4.78 is 7.22. The van der Waals surface area contributed by atoms with Crippen LogP contribution in [0.4, 0.5) is 0 Å². The van der Waals surface area contributed by atoms with E-state index in [1.165, 1.54) is 0 Å². The van der Waals surface area contributed by atoms with Crippen LogP contribution >= 0.6 is 0 Å². The van der Waals surface area contributed by atoms with Gasteiger partial charge in [0.2, 0.25) is 5.91 Å². The van der Waals surface area contributed by atoms with Crippen molar-refractivity contribution in [2.45, 2.75) is 25.4 Å². The first kappa shape index (κ1) is 16.5. The number of piperazine rings is 1. The summed E-state index contributed by atoms with van der Waals surface area (Å²) in [6, 6.07) is 8.08. The van der Waals surface area contributed by atoms with E-state index in [0.717, 1.165) is 43.9 Å². The molecular weight excluding hydrogens is 304 g/mol. The summed E-state index contributed by atoms with van der Waals surface area (Å²) in [5.41, 5.74) is 1.14. The number of aromatic nitrogens is 2. The zero-order valence-corrected chi connectivity index (χ0v) is 14.0. The summed E-state index contributed by atoms with van der Waals surface area (Å²) in [5.74, 6) is 1.05. The van der Waals surface area contributed by atoms with E-state index in [4.69, 9.17) is 4.74 Å². The number of hydrogen-bond acceptors (Lipinski definition) is 4. The number of rotatable bonds is 6. The van der Waals surface area contributed by atoms with E-state index in [0.29, 0.717) is 6.42 Å². The number of carbonyl (C=O) groups excluding carboxylic acids is 1. The fraction of sp³-hybridized carbons (Fsp3) is 0.444. The van der Waals surface area contributed by atoms with Gasteiger partial charge in [-0.25, -0.2) is 4.98 Å². The van der Waals surface area contributed by atoms with Crippen LogP contribution in [0.3, 0.4) is 0 Å². The van der Waals surface area contributed by atoms with E-state index >= 15 is 0 Å². The van der Waals surface area contributed by atoms with Gasteiger partial charge in [0.15, 0.2) is 0 Å². The van der Waals surface area contributed by atoms with E-state index in [1.54, 1.807) is 19.6 Å². The highest BCUT2D eigenvalue weighted by molar-refractivity contribution is 5.77. The van der Waals surface area contributed by atoms with Crippen molar-refractivity contribution in [3.8, 4) is 5.75 Å². The maximum absolute atomic E-state index is 12.7. The van der Waals surface area contributed by atoms with Gasteiger partial charge >= 0.3 is 0 Å². The minimum Gasteiger partial charge on any atom is -0.497 e. The van der Waals surface area contributed by atoms with Crippen LogP contribution in [0.5, 0.6) is 5.75 Å².